The fourth-order valence-electron chi connectivity index (χ4n) is 3.59. The van der Waals surface area contributed by atoms with E-state index >= 15 is 0 Å². The van der Waals surface area contributed by atoms with E-state index < -0.39 is 0 Å². The average molecular weight is 423 g/mol. The number of piperidine rings is 1. The third-order valence-corrected chi connectivity index (χ3v) is 6.11. The topological polar surface area (TPSA) is 84.3 Å². The van der Waals surface area contributed by atoms with Crippen molar-refractivity contribution in [3.05, 3.63) is 70.4 Å². The quantitative estimate of drug-likeness (QED) is 0.640. The first-order chi connectivity index (χ1) is 14.5. The molecule has 30 heavy (non-hydrogen) atoms. The Morgan fingerprint density at radius 1 is 1.17 bits per heavy atom. The van der Waals surface area contributed by atoms with Crippen molar-refractivity contribution >= 4 is 34.6 Å². The minimum absolute atomic E-state index is 0.0142. The van der Waals surface area contributed by atoms with Gasteiger partial charge in [-0.15, -0.1) is 11.3 Å². The summed E-state index contributed by atoms with van der Waals surface area (Å²) in [6.45, 7) is 1.09. The zero-order valence-electron chi connectivity index (χ0n) is 16.6. The predicted molar refractivity (Wildman–Crippen MR) is 115 cm³/mol. The summed E-state index contributed by atoms with van der Waals surface area (Å²) < 4.78 is 1.67. The monoisotopic (exact) mass is 422 g/mol. The van der Waals surface area contributed by atoms with Gasteiger partial charge in [-0.25, -0.2) is 4.98 Å². The number of nitrogens with one attached hydrogen (secondary N) is 1. The number of likely N-dealkylation sites (tertiary alicyclic amines) is 1. The molecule has 7 nitrogen and oxygen atoms in total. The highest BCUT2D eigenvalue weighted by atomic mass is 32.1. The molecule has 1 aromatic carbocycles. The maximum atomic E-state index is 12.7. The Hall–Kier alpha value is -3.26. The van der Waals surface area contributed by atoms with Crippen LogP contribution in [0.15, 0.2) is 54.2 Å². The lowest BCUT2D eigenvalue weighted by Crippen LogP contribution is -2.43. The summed E-state index contributed by atoms with van der Waals surface area (Å²) in [5.74, 6) is -0.182. The van der Waals surface area contributed by atoms with E-state index in [-0.39, 0.29) is 23.5 Å². The number of aryl methyl sites for hydroxylation is 1. The number of hydrogen-bond acceptors (Lipinski definition) is 5. The number of aromatic nitrogens is 2. The lowest BCUT2D eigenvalue weighted by molar-refractivity contribution is -0.121. The molecular weight excluding hydrogens is 400 g/mol. The highest BCUT2D eigenvalue weighted by Crippen LogP contribution is 2.22. The van der Waals surface area contributed by atoms with Gasteiger partial charge in [0, 0.05) is 43.8 Å². The van der Waals surface area contributed by atoms with Crippen LogP contribution in [-0.2, 0) is 11.8 Å². The summed E-state index contributed by atoms with van der Waals surface area (Å²) in [5.41, 5.74) is 1.13. The summed E-state index contributed by atoms with van der Waals surface area (Å²) in [4.78, 5) is 44.4. The Balaban J connectivity index is 1.38. The highest BCUT2D eigenvalue weighted by molar-refractivity contribution is 7.12. The molecule has 8 heteroatoms. The number of carbonyl (C=O) groups is 3. The molecule has 1 aliphatic rings. The molecule has 3 heterocycles. The lowest BCUT2D eigenvalue weighted by Gasteiger charge is -2.31. The zero-order chi connectivity index (χ0) is 21.1. The van der Waals surface area contributed by atoms with Crippen molar-refractivity contribution in [2.24, 2.45) is 13.0 Å². The average Bonchev–Trinajstić information content (AvgIpc) is 3.45. The predicted octanol–water partition coefficient (Wildman–Crippen LogP) is 3.20. The van der Waals surface area contributed by atoms with Crippen molar-refractivity contribution in [3.63, 3.8) is 0 Å². The largest absolute Gasteiger partial charge is 0.337 e. The fraction of sp³-hybridized carbons (Fsp3) is 0.273. The SMILES string of the molecule is Cn1ccnc1C(=O)c1ccc(NC(=O)[C@@H]2CCCN(C(=O)c3cccs3)C2)cc1. The molecule has 0 unspecified atom stereocenters. The molecule has 0 radical (unpaired) electrons. The van der Waals surface area contributed by atoms with Crippen LogP contribution in [0.3, 0.4) is 0 Å². The summed E-state index contributed by atoms with van der Waals surface area (Å²) in [6, 6.07) is 10.5. The second-order valence-electron chi connectivity index (χ2n) is 7.33. The molecule has 1 atom stereocenters. The van der Waals surface area contributed by atoms with Crippen LogP contribution in [0.5, 0.6) is 0 Å². The molecule has 1 aliphatic heterocycles. The number of thiophene rings is 1. The maximum Gasteiger partial charge on any atom is 0.263 e. The van der Waals surface area contributed by atoms with Crippen molar-refractivity contribution in [1.82, 2.24) is 14.5 Å². The normalized spacial score (nSPS) is 16.3. The molecule has 2 aromatic heterocycles. The number of benzene rings is 1. The van der Waals surface area contributed by atoms with Gasteiger partial charge in [0.2, 0.25) is 11.7 Å². The van der Waals surface area contributed by atoms with Gasteiger partial charge in [-0.05, 0) is 48.6 Å². The van der Waals surface area contributed by atoms with Crippen LogP contribution in [0.25, 0.3) is 0 Å². The van der Waals surface area contributed by atoms with Gasteiger partial charge in [-0.1, -0.05) is 6.07 Å². The fourth-order valence-corrected chi connectivity index (χ4v) is 4.29. The van der Waals surface area contributed by atoms with Gasteiger partial charge in [0.05, 0.1) is 10.8 Å². The van der Waals surface area contributed by atoms with E-state index in [4.69, 9.17) is 0 Å². The van der Waals surface area contributed by atoms with Gasteiger partial charge >= 0.3 is 0 Å². The number of rotatable bonds is 5. The van der Waals surface area contributed by atoms with Crippen LogP contribution in [0.4, 0.5) is 5.69 Å². The van der Waals surface area contributed by atoms with Crippen LogP contribution in [-0.4, -0.2) is 45.1 Å². The first-order valence-electron chi connectivity index (χ1n) is 9.78. The van der Waals surface area contributed by atoms with E-state index in [9.17, 15) is 14.4 Å². The first-order valence-corrected chi connectivity index (χ1v) is 10.7. The van der Waals surface area contributed by atoms with Crippen molar-refractivity contribution in [2.45, 2.75) is 12.8 Å². The van der Waals surface area contributed by atoms with Crippen molar-refractivity contribution in [1.29, 1.82) is 0 Å². The third-order valence-electron chi connectivity index (χ3n) is 5.25. The smallest absolute Gasteiger partial charge is 0.263 e. The van der Waals surface area contributed by atoms with Gasteiger partial charge in [0.25, 0.3) is 5.91 Å². The second kappa shape index (κ2) is 8.62. The molecule has 0 spiro atoms. The Kier molecular flexibility index (Phi) is 5.76. The number of nitrogens with zero attached hydrogens (tertiary/aromatic N) is 3. The third kappa shape index (κ3) is 4.18. The first kappa shape index (κ1) is 20.0. The van der Waals surface area contributed by atoms with E-state index in [1.807, 2.05) is 17.5 Å². The van der Waals surface area contributed by atoms with Crippen LogP contribution < -0.4 is 5.32 Å². The van der Waals surface area contributed by atoms with Gasteiger partial charge in [-0.2, -0.15) is 0 Å². The zero-order valence-corrected chi connectivity index (χ0v) is 17.4. The van der Waals surface area contributed by atoms with Crippen molar-refractivity contribution < 1.29 is 14.4 Å². The molecule has 3 aromatic rings. The summed E-state index contributed by atoms with van der Waals surface area (Å²) >= 11 is 1.42. The Morgan fingerprint density at radius 2 is 1.97 bits per heavy atom. The van der Waals surface area contributed by atoms with E-state index in [0.29, 0.717) is 35.0 Å². The molecule has 1 saturated heterocycles. The van der Waals surface area contributed by atoms with Crippen LogP contribution in [0, 0.1) is 5.92 Å². The molecular formula is C22H22N4O3S. The molecule has 0 bridgehead atoms. The minimum Gasteiger partial charge on any atom is -0.337 e. The minimum atomic E-state index is -0.253. The Bertz CT molecular complexity index is 1060. The van der Waals surface area contributed by atoms with E-state index in [1.54, 1.807) is 53.2 Å². The van der Waals surface area contributed by atoms with Crippen LogP contribution in [0.1, 0.15) is 38.7 Å². The number of carbonyl (C=O) groups excluding carboxylic acids is 3. The second-order valence-corrected chi connectivity index (χ2v) is 8.27. The highest BCUT2D eigenvalue weighted by Gasteiger charge is 2.29. The van der Waals surface area contributed by atoms with E-state index in [0.717, 1.165) is 12.8 Å². The van der Waals surface area contributed by atoms with Gasteiger partial charge in [0.15, 0.2) is 5.82 Å². The van der Waals surface area contributed by atoms with Crippen molar-refractivity contribution in [3.8, 4) is 0 Å². The number of hydrogen-bond donors (Lipinski definition) is 1. The van der Waals surface area contributed by atoms with Crippen molar-refractivity contribution in [2.75, 3.05) is 18.4 Å². The van der Waals surface area contributed by atoms with E-state index in [2.05, 4.69) is 10.3 Å². The van der Waals surface area contributed by atoms with Gasteiger partial charge < -0.3 is 14.8 Å². The molecule has 1 N–H and O–H groups in total. The molecule has 154 valence electrons. The summed E-state index contributed by atoms with van der Waals surface area (Å²) in [5, 5.41) is 4.79. The van der Waals surface area contributed by atoms with Gasteiger partial charge in [0.1, 0.15) is 0 Å². The number of ketones is 1. The lowest BCUT2D eigenvalue weighted by atomic mass is 9.96. The Labute approximate surface area is 178 Å². The number of amides is 2. The summed E-state index contributed by atoms with van der Waals surface area (Å²) in [6.07, 6.45) is 4.85. The molecule has 0 aliphatic carbocycles. The molecule has 0 saturated carbocycles. The maximum absolute atomic E-state index is 12.7. The number of anilines is 1. The van der Waals surface area contributed by atoms with E-state index in [1.165, 1.54) is 11.3 Å². The molecule has 4 rings (SSSR count). The van der Waals surface area contributed by atoms with Crippen LogP contribution >= 0.6 is 11.3 Å². The molecule has 2 amide bonds. The van der Waals surface area contributed by atoms with Crippen LogP contribution in [0.2, 0.25) is 0 Å². The number of imidazole rings is 1. The summed E-state index contributed by atoms with van der Waals surface area (Å²) in [7, 11) is 1.77. The standard InChI is InChI=1S/C22H22N4O3S/c1-25-12-10-23-20(25)19(27)15-6-8-17(9-7-15)24-21(28)16-4-2-11-26(14-16)22(29)18-5-3-13-30-18/h3,5-10,12-13,16H,2,4,11,14H2,1H3,(H,24,28)/t16-/m1/s1. The molecule has 1 fully saturated rings. The Morgan fingerprint density at radius 3 is 2.63 bits per heavy atom. The van der Waals surface area contributed by atoms with Gasteiger partial charge in [-0.3, -0.25) is 14.4 Å².